The van der Waals surface area contributed by atoms with Crippen LogP contribution in [0.5, 0.6) is 0 Å². The maximum Gasteiger partial charge on any atom is 0.290 e. The molecule has 0 spiro atoms. The number of thioether (sulfide) groups is 1. The van der Waals surface area contributed by atoms with E-state index in [1.54, 1.807) is 29.7 Å². The molecule has 1 unspecified atom stereocenters. The standard InChI is InChI=1S/C25H26N6O2S2/c1-15(20-3-2-4-21(30-20)16-10-12-34-14-16)27-17-5-7-18(8-6-17)28-24-26-11-9-19(29-24)13-22-23(32)31-25(33)35-22/h2-4,9-15,17-18,27H,5-8H2,1H3,(H,26,28,29)(H,31,32,33)/b22-13-/t15?,17-,18-. The van der Waals surface area contributed by atoms with Crippen molar-refractivity contribution >= 4 is 46.3 Å². The van der Waals surface area contributed by atoms with E-state index in [0.29, 0.717) is 22.6 Å². The fourth-order valence-corrected chi connectivity index (χ4v) is 5.68. The van der Waals surface area contributed by atoms with E-state index >= 15 is 0 Å². The van der Waals surface area contributed by atoms with E-state index in [1.807, 2.05) is 0 Å². The van der Waals surface area contributed by atoms with Crippen molar-refractivity contribution < 1.29 is 9.59 Å². The third-order valence-electron chi connectivity index (χ3n) is 6.18. The molecule has 2 aliphatic rings. The number of pyridine rings is 1. The Morgan fingerprint density at radius 1 is 1.09 bits per heavy atom. The van der Waals surface area contributed by atoms with E-state index in [9.17, 15) is 9.59 Å². The second-order valence-electron chi connectivity index (χ2n) is 8.70. The van der Waals surface area contributed by atoms with E-state index in [4.69, 9.17) is 4.98 Å². The summed E-state index contributed by atoms with van der Waals surface area (Å²) in [5.74, 6) is 0.148. The van der Waals surface area contributed by atoms with Crippen molar-refractivity contribution in [1.29, 1.82) is 0 Å². The molecule has 0 radical (unpaired) electrons. The molecule has 1 saturated heterocycles. The number of carbonyl (C=O) groups is 2. The first kappa shape index (κ1) is 23.7. The molecule has 180 valence electrons. The van der Waals surface area contributed by atoms with Crippen LogP contribution in [-0.2, 0) is 4.79 Å². The molecular formula is C25H26N6O2S2. The van der Waals surface area contributed by atoms with Crippen LogP contribution in [0.25, 0.3) is 17.3 Å². The van der Waals surface area contributed by atoms with Gasteiger partial charge in [0.2, 0.25) is 5.95 Å². The summed E-state index contributed by atoms with van der Waals surface area (Å²) in [6.07, 6.45) is 7.39. The summed E-state index contributed by atoms with van der Waals surface area (Å²) in [7, 11) is 0. The smallest absolute Gasteiger partial charge is 0.290 e. The predicted octanol–water partition coefficient (Wildman–Crippen LogP) is 5.00. The molecule has 0 bridgehead atoms. The normalized spacial score (nSPS) is 22.3. The second kappa shape index (κ2) is 10.7. The lowest BCUT2D eigenvalue weighted by Gasteiger charge is -2.31. The Hall–Kier alpha value is -3.08. The zero-order valence-corrected chi connectivity index (χ0v) is 20.9. The van der Waals surface area contributed by atoms with Crippen molar-refractivity contribution in [3.8, 4) is 11.3 Å². The maximum atomic E-state index is 11.8. The van der Waals surface area contributed by atoms with Crippen LogP contribution in [-0.4, -0.2) is 38.2 Å². The van der Waals surface area contributed by atoms with Crippen molar-refractivity contribution in [3.63, 3.8) is 0 Å². The minimum absolute atomic E-state index is 0.175. The van der Waals surface area contributed by atoms with Gasteiger partial charge in [0.05, 0.1) is 22.0 Å². The van der Waals surface area contributed by atoms with Crippen LogP contribution in [0.2, 0.25) is 0 Å². The van der Waals surface area contributed by atoms with Gasteiger partial charge in [0.25, 0.3) is 11.1 Å². The first-order valence-corrected chi connectivity index (χ1v) is 13.4. The molecule has 1 aliphatic heterocycles. The van der Waals surface area contributed by atoms with Crippen LogP contribution in [0.3, 0.4) is 0 Å². The highest BCUT2D eigenvalue weighted by Gasteiger charge is 2.26. The molecule has 1 atom stereocenters. The third-order valence-corrected chi connectivity index (χ3v) is 7.67. The lowest BCUT2D eigenvalue weighted by molar-refractivity contribution is -0.115. The number of thiophene rings is 1. The highest BCUT2D eigenvalue weighted by molar-refractivity contribution is 8.18. The highest BCUT2D eigenvalue weighted by Crippen LogP contribution is 2.27. The number of imide groups is 1. The van der Waals surface area contributed by atoms with Gasteiger partial charge in [-0.1, -0.05) is 6.07 Å². The fourth-order valence-electron chi connectivity index (χ4n) is 4.37. The minimum atomic E-state index is -0.387. The number of hydrogen-bond acceptors (Lipinski definition) is 9. The molecule has 35 heavy (non-hydrogen) atoms. The Bertz CT molecular complexity index is 1240. The van der Waals surface area contributed by atoms with Crippen molar-refractivity contribution in [2.45, 2.75) is 50.7 Å². The molecule has 2 fully saturated rings. The number of carbonyl (C=O) groups excluding carboxylic acids is 2. The molecule has 8 nitrogen and oxygen atoms in total. The Labute approximate surface area is 212 Å². The van der Waals surface area contributed by atoms with Crippen LogP contribution < -0.4 is 16.0 Å². The summed E-state index contributed by atoms with van der Waals surface area (Å²) in [4.78, 5) is 37.2. The molecule has 5 rings (SSSR count). The molecule has 3 N–H and O–H groups in total. The summed E-state index contributed by atoms with van der Waals surface area (Å²) in [5, 5.41) is 13.3. The fraction of sp³-hybridized carbons (Fsp3) is 0.320. The zero-order chi connectivity index (χ0) is 24.2. The number of nitrogens with zero attached hydrogens (tertiary/aromatic N) is 3. The lowest BCUT2D eigenvalue weighted by atomic mass is 9.90. The van der Waals surface area contributed by atoms with Crippen molar-refractivity contribution in [1.82, 2.24) is 25.6 Å². The number of aromatic nitrogens is 3. The van der Waals surface area contributed by atoms with Crippen LogP contribution in [0, 0.1) is 0 Å². The highest BCUT2D eigenvalue weighted by atomic mass is 32.2. The number of amides is 2. The second-order valence-corrected chi connectivity index (χ2v) is 10.5. The third kappa shape index (κ3) is 5.95. The van der Waals surface area contributed by atoms with Crippen molar-refractivity contribution in [2.75, 3.05) is 5.32 Å². The molecule has 3 aromatic rings. The van der Waals surface area contributed by atoms with Gasteiger partial charge in [0, 0.05) is 35.3 Å². The molecule has 10 heteroatoms. The Morgan fingerprint density at radius 3 is 2.66 bits per heavy atom. The first-order valence-electron chi connectivity index (χ1n) is 11.6. The van der Waals surface area contributed by atoms with Gasteiger partial charge in [-0.2, -0.15) is 11.3 Å². The van der Waals surface area contributed by atoms with Crippen LogP contribution in [0.4, 0.5) is 10.7 Å². The van der Waals surface area contributed by atoms with Gasteiger partial charge in [0.15, 0.2) is 0 Å². The largest absolute Gasteiger partial charge is 0.351 e. The predicted molar refractivity (Wildman–Crippen MR) is 140 cm³/mol. The lowest BCUT2D eigenvalue weighted by Crippen LogP contribution is -2.38. The number of hydrogen-bond donors (Lipinski definition) is 3. The summed E-state index contributed by atoms with van der Waals surface area (Å²) in [6, 6.07) is 10.9. The van der Waals surface area contributed by atoms with E-state index in [-0.39, 0.29) is 23.2 Å². The summed E-state index contributed by atoms with van der Waals surface area (Å²) in [6.45, 7) is 2.17. The van der Waals surface area contributed by atoms with E-state index in [0.717, 1.165) is 54.4 Å². The van der Waals surface area contributed by atoms with Gasteiger partial charge in [-0.15, -0.1) is 0 Å². The summed E-state index contributed by atoms with van der Waals surface area (Å²) in [5.41, 5.74) is 3.83. The van der Waals surface area contributed by atoms with Gasteiger partial charge in [0.1, 0.15) is 0 Å². The topological polar surface area (TPSA) is 109 Å². The Balaban J connectivity index is 1.14. The quantitative estimate of drug-likeness (QED) is 0.384. The summed E-state index contributed by atoms with van der Waals surface area (Å²) < 4.78 is 0. The molecule has 4 heterocycles. The molecular weight excluding hydrogens is 480 g/mol. The molecule has 1 aliphatic carbocycles. The van der Waals surface area contributed by atoms with Gasteiger partial charge in [-0.25, -0.2) is 9.97 Å². The minimum Gasteiger partial charge on any atom is -0.351 e. The molecule has 0 aromatic carbocycles. The van der Waals surface area contributed by atoms with Gasteiger partial charge < -0.3 is 10.6 Å². The van der Waals surface area contributed by atoms with Crippen molar-refractivity contribution in [3.05, 3.63) is 63.6 Å². The maximum absolute atomic E-state index is 11.8. The molecule has 3 aromatic heterocycles. The van der Waals surface area contributed by atoms with Gasteiger partial charge >= 0.3 is 0 Å². The molecule has 2 amide bonds. The number of rotatable bonds is 7. The average molecular weight is 507 g/mol. The van der Waals surface area contributed by atoms with Gasteiger partial charge in [-0.05, 0) is 80.1 Å². The average Bonchev–Trinajstić information content (AvgIpc) is 3.50. The number of anilines is 1. The van der Waals surface area contributed by atoms with E-state index in [1.165, 1.54) is 0 Å². The Kier molecular flexibility index (Phi) is 7.21. The first-order chi connectivity index (χ1) is 17.0. The van der Waals surface area contributed by atoms with Crippen LogP contribution in [0.15, 0.2) is 52.2 Å². The van der Waals surface area contributed by atoms with E-state index < -0.39 is 0 Å². The van der Waals surface area contributed by atoms with Crippen LogP contribution in [0.1, 0.15) is 50.0 Å². The van der Waals surface area contributed by atoms with Crippen LogP contribution >= 0.6 is 23.1 Å². The monoisotopic (exact) mass is 506 g/mol. The molecule has 1 saturated carbocycles. The Morgan fingerprint density at radius 2 is 1.91 bits per heavy atom. The summed E-state index contributed by atoms with van der Waals surface area (Å²) >= 11 is 2.57. The number of nitrogens with one attached hydrogen (secondary N) is 3. The zero-order valence-electron chi connectivity index (χ0n) is 19.2. The van der Waals surface area contributed by atoms with E-state index in [2.05, 4.69) is 67.9 Å². The van der Waals surface area contributed by atoms with Crippen molar-refractivity contribution in [2.24, 2.45) is 0 Å². The van der Waals surface area contributed by atoms with Gasteiger partial charge in [-0.3, -0.25) is 19.9 Å². The SMILES string of the molecule is CC(N[C@H]1CC[C@H](Nc2nccc(/C=C3\SC(=O)NC3=O)n2)CC1)c1cccc(-c2ccsc2)n1.